The van der Waals surface area contributed by atoms with Crippen molar-refractivity contribution in [2.45, 2.75) is 66.5 Å². The van der Waals surface area contributed by atoms with Crippen molar-refractivity contribution in [3.63, 3.8) is 0 Å². The molecule has 144 valence electrons. The molecule has 0 aromatic carbocycles. The van der Waals surface area contributed by atoms with Crippen LogP contribution >= 0.6 is 0 Å². The summed E-state index contributed by atoms with van der Waals surface area (Å²) in [6, 6.07) is 1.99. The largest absolute Gasteiger partial charge is 0.359 e. The van der Waals surface area contributed by atoms with Crippen LogP contribution in [0.5, 0.6) is 0 Å². The highest BCUT2D eigenvalue weighted by Gasteiger charge is 2.13. The van der Waals surface area contributed by atoms with E-state index in [9.17, 15) is 0 Å². The number of hydrogen-bond acceptors (Lipinski definition) is 4. The summed E-state index contributed by atoms with van der Waals surface area (Å²) in [7, 11) is 2.00. The van der Waals surface area contributed by atoms with Gasteiger partial charge in [0.15, 0.2) is 11.7 Å². The molecule has 2 rings (SSSR count). The summed E-state index contributed by atoms with van der Waals surface area (Å²) < 4.78 is 7.36. The number of nitrogens with one attached hydrogen (secondary N) is 2. The first-order valence-corrected chi connectivity index (χ1v) is 9.51. The number of aryl methyl sites for hydroxylation is 2. The van der Waals surface area contributed by atoms with Gasteiger partial charge in [-0.2, -0.15) is 5.10 Å². The molecule has 7 heteroatoms. The van der Waals surface area contributed by atoms with Gasteiger partial charge < -0.3 is 15.2 Å². The zero-order valence-electron chi connectivity index (χ0n) is 16.9. The van der Waals surface area contributed by atoms with Crippen molar-refractivity contribution < 1.29 is 4.52 Å². The van der Waals surface area contributed by atoms with E-state index in [1.54, 1.807) is 0 Å². The summed E-state index contributed by atoms with van der Waals surface area (Å²) in [5, 5.41) is 15.3. The van der Waals surface area contributed by atoms with Gasteiger partial charge in [-0.15, -0.1) is 0 Å². The first-order valence-electron chi connectivity index (χ1n) is 9.51. The molecule has 0 atom stereocenters. The van der Waals surface area contributed by atoms with Crippen LogP contribution in [0.25, 0.3) is 0 Å². The number of nitrogens with zero attached hydrogens (tertiary/aromatic N) is 4. The van der Waals surface area contributed by atoms with Gasteiger partial charge >= 0.3 is 0 Å². The molecule has 0 fully saturated rings. The fraction of sp³-hybridized carbons (Fsp3) is 0.632. The van der Waals surface area contributed by atoms with E-state index in [1.807, 2.05) is 17.8 Å². The minimum Gasteiger partial charge on any atom is -0.359 e. The van der Waals surface area contributed by atoms with Gasteiger partial charge in [0.25, 0.3) is 0 Å². The third-order valence-electron chi connectivity index (χ3n) is 4.37. The van der Waals surface area contributed by atoms with Gasteiger partial charge in [-0.1, -0.05) is 32.9 Å². The Morgan fingerprint density at radius 1 is 1.23 bits per heavy atom. The fourth-order valence-corrected chi connectivity index (χ4v) is 2.93. The number of aliphatic imine (C=N–C) groups is 1. The number of rotatable bonds is 8. The van der Waals surface area contributed by atoms with Crippen LogP contribution in [0, 0.1) is 0 Å². The van der Waals surface area contributed by atoms with E-state index in [0.29, 0.717) is 19.0 Å². The SMILES string of the molecule is CCNC(=NCc1c(CC)nn(C)c1CC)NCc1cc(C(C)C)no1. The molecule has 26 heavy (non-hydrogen) atoms. The molecule has 2 aromatic rings. The molecule has 2 heterocycles. The lowest BCUT2D eigenvalue weighted by Gasteiger charge is -2.10. The molecule has 0 unspecified atom stereocenters. The predicted molar refractivity (Wildman–Crippen MR) is 104 cm³/mol. The van der Waals surface area contributed by atoms with Crippen LogP contribution in [0.3, 0.4) is 0 Å². The van der Waals surface area contributed by atoms with Crippen molar-refractivity contribution in [2.75, 3.05) is 6.54 Å². The Morgan fingerprint density at radius 2 is 2.00 bits per heavy atom. The monoisotopic (exact) mass is 360 g/mol. The van der Waals surface area contributed by atoms with Crippen molar-refractivity contribution in [1.82, 2.24) is 25.6 Å². The lowest BCUT2D eigenvalue weighted by Crippen LogP contribution is -2.36. The minimum absolute atomic E-state index is 0.361. The molecule has 7 nitrogen and oxygen atoms in total. The minimum atomic E-state index is 0.361. The van der Waals surface area contributed by atoms with E-state index in [2.05, 4.69) is 55.5 Å². The molecule has 0 amide bonds. The van der Waals surface area contributed by atoms with Crippen LogP contribution in [0.15, 0.2) is 15.6 Å². The molecule has 2 aromatic heterocycles. The second-order valence-corrected chi connectivity index (χ2v) is 6.62. The Labute approximate surface area is 156 Å². The molecule has 0 radical (unpaired) electrons. The lowest BCUT2D eigenvalue weighted by molar-refractivity contribution is 0.372. The Hall–Kier alpha value is -2.31. The summed E-state index contributed by atoms with van der Waals surface area (Å²) in [5.41, 5.74) is 4.58. The van der Waals surface area contributed by atoms with Gasteiger partial charge in [0.05, 0.1) is 24.5 Å². The maximum atomic E-state index is 5.39. The zero-order chi connectivity index (χ0) is 19.1. The molecule has 0 aliphatic heterocycles. The van der Waals surface area contributed by atoms with Crippen LogP contribution in [-0.4, -0.2) is 27.4 Å². The quantitative estimate of drug-likeness (QED) is 0.559. The smallest absolute Gasteiger partial charge is 0.191 e. The Bertz CT molecular complexity index is 728. The summed E-state index contributed by atoms with van der Waals surface area (Å²) >= 11 is 0. The van der Waals surface area contributed by atoms with Gasteiger partial charge in [0.1, 0.15) is 0 Å². The van der Waals surface area contributed by atoms with Crippen LogP contribution in [-0.2, 0) is 33.0 Å². The Morgan fingerprint density at radius 3 is 2.58 bits per heavy atom. The second-order valence-electron chi connectivity index (χ2n) is 6.62. The van der Waals surface area contributed by atoms with Crippen LogP contribution in [0.1, 0.15) is 68.9 Å². The van der Waals surface area contributed by atoms with E-state index >= 15 is 0 Å². The molecule has 0 bridgehead atoms. The topological polar surface area (TPSA) is 80.3 Å². The molecular weight excluding hydrogens is 328 g/mol. The van der Waals surface area contributed by atoms with E-state index in [1.165, 1.54) is 11.3 Å². The molecule has 0 aliphatic carbocycles. The third-order valence-corrected chi connectivity index (χ3v) is 4.37. The maximum absolute atomic E-state index is 5.39. The average molecular weight is 361 g/mol. The highest BCUT2D eigenvalue weighted by Crippen LogP contribution is 2.17. The van der Waals surface area contributed by atoms with Crippen molar-refractivity contribution >= 4 is 5.96 Å². The van der Waals surface area contributed by atoms with E-state index < -0.39 is 0 Å². The first-order chi connectivity index (χ1) is 12.5. The van der Waals surface area contributed by atoms with Gasteiger partial charge in [-0.25, -0.2) is 4.99 Å². The highest BCUT2D eigenvalue weighted by molar-refractivity contribution is 5.79. The van der Waals surface area contributed by atoms with Crippen molar-refractivity contribution in [1.29, 1.82) is 0 Å². The van der Waals surface area contributed by atoms with Crippen LogP contribution in [0.4, 0.5) is 0 Å². The zero-order valence-corrected chi connectivity index (χ0v) is 16.9. The molecule has 0 aliphatic rings. The van der Waals surface area contributed by atoms with Crippen LogP contribution < -0.4 is 10.6 Å². The predicted octanol–water partition coefficient (Wildman–Crippen LogP) is 2.91. The van der Waals surface area contributed by atoms with Gasteiger partial charge in [-0.3, -0.25) is 4.68 Å². The number of aromatic nitrogens is 3. The van der Waals surface area contributed by atoms with Gasteiger partial charge in [0, 0.05) is 30.9 Å². The van der Waals surface area contributed by atoms with Crippen molar-refractivity contribution in [2.24, 2.45) is 12.0 Å². The summed E-state index contributed by atoms with van der Waals surface area (Å²) in [5.74, 6) is 1.94. The van der Waals surface area contributed by atoms with Crippen molar-refractivity contribution in [3.8, 4) is 0 Å². The standard InChI is InChI=1S/C19H32N6O/c1-7-16-15(18(8-2)25(6)23-16)12-22-19(20-9-3)21-11-14-10-17(13(4)5)24-26-14/h10,13H,7-9,11-12H2,1-6H3,(H2,20,21,22). The lowest BCUT2D eigenvalue weighted by atomic mass is 10.1. The number of hydrogen-bond donors (Lipinski definition) is 2. The van der Waals surface area contributed by atoms with E-state index in [4.69, 9.17) is 9.52 Å². The number of guanidine groups is 1. The Balaban J connectivity index is 2.09. The second kappa shape index (κ2) is 9.40. The van der Waals surface area contributed by atoms with E-state index in [-0.39, 0.29) is 0 Å². The third kappa shape index (κ3) is 4.86. The van der Waals surface area contributed by atoms with E-state index in [0.717, 1.165) is 42.5 Å². The first kappa shape index (κ1) is 20.0. The molecular formula is C19H32N6O. The summed E-state index contributed by atoms with van der Waals surface area (Å²) in [4.78, 5) is 4.75. The molecule has 0 saturated heterocycles. The average Bonchev–Trinajstić information content (AvgIpc) is 3.21. The van der Waals surface area contributed by atoms with Gasteiger partial charge in [-0.05, 0) is 25.7 Å². The Kier molecular flexibility index (Phi) is 7.24. The highest BCUT2D eigenvalue weighted by atomic mass is 16.5. The van der Waals surface area contributed by atoms with Crippen LogP contribution in [0.2, 0.25) is 0 Å². The molecule has 0 spiro atoms. The molecule has 2 N–H and O–H groups in total. The maximum Gasteiger partial charge on any atom is 0.191 e. The van der Waals surface area contributed by atoms with Crippen molar-refractivity contribution in [3.05, 3.63) is 34.5 Å². The van der Waals surface area contributed by atoms with Gasteiger partial charge in [0.2, 0.25) is 0 Å². The molecule has 0 saturated carbocycles. The fourth-order valence-electron chi connectivity index (χ4n) is 2.93. The normalized spacial score (nSPS) is 12.0. The summed E-state index contributed by atoms with van der Waals surface area (Å²) in [6.45, 7) is 12.5. The summed E-state index contributed by atoms with van der Waals surface area (Å²) in [6.07, 6.45) is 1.87.